The van der Waals surface area contributed by atoms with E-state index in [1.54, 1.807) is 11.8 Å². The molecule has 1 aromatic carbocycles. The Morgan fingerprint density at radius 2 is 1.73 bits per heavy atom. The van der Waals surface area contributed by atoms with E-state index in [0.717, 1.165) is 5.75 Å². The number of benzene rings is 1. The maximum Gasteiger partial charge on any atom is 0.0461 e. The van der Waals surface area contributed by atoms with E-state index in [4.69, 9.17) is 0 Å². The van der Waals surface area contributed by atoms with Crippen molar-refractivity contribution in [3.8, 4) is 0 Å². The highest BCUT2D eigenvalue weighted by Crippen LogP contribution is 2.18. The van der Waals surface area contributed by atoms with Crippen molar-refractivity contribution < 1.29 is 0 Å². The summed E-state index contributed by atoms with van der Waals surface area (Å²) in [7, 11) is 0. The van der Waals surface area contributed by atoms with Gasteiger partial charge >= 0.3 is 0 Å². The summed E-state index contributed by atoms with van der Waals surface area (Å²) in [5.41, 5.74) is 2.57. The van der Waals surface area contributed by atoms with Gasteiger partial charge in [0.05, 0.1) is 0 Å². The summed E-state index contributed by atoms with van der Waals surface area (Å²) in [5.74, 6) is 3.18. The van der Waals surface area contributed by atoms with Crippen LogP contribution in [0.4, 0.5) is 0 Å². The van der Waals surface area contributed by atoms with Crippen LogP contribution in [0.25, 0.3) is 0 Å². The summed E-state index contributed by atoms with van der Waals surface area (Å²) >= 11 is 1.81. The molecule has 0 fully saturated rings. The predicted molar refractivity (Wildman–Crippen MR) is 65.4 cm³/mol. The Balaban J connectivity index is 1.81. The van der Waals surface area contributed by atoms with Gasteiger partial charge in [-0.25, -0.2) is 0 Å². The normalized spacial score (nSPS) is 10.1. The number of hydrogen-bond acceptors (Lipinski definition) is 2. The fourth-order valence-electron chi connectivity index (χ4n) is 1.25. The zero-order valence-electron chi connectivity index (χ0n) is 8.34. The molecule has 0 spiro atoms. The molecule has 1 nitrogen and oxygen atoms in total. The molecule has 75 valence electrons. The Hall–Kier alpha value is -1.28. The monoisotopic (exact) mass is 214 g/mol. The summed E-state index contributed by atoms with van der Waals surface area (Å²) in [6.07, 6.45) is 3.63. The van der Waals surface area contributed by atoms with Gasteiger partial charge in [-0.15, -0.1) is 11.8 Å². The molecule has 0 aliphatic rings. The highest BCUT2D eigenvalue weighted by atomic mass is 32.2. The molecule has 1 aromatic heterocycles. The van der Waals surface area contributed by atoms with Gasteiger partial charge in [0.25, 0.3) is 0 Å². The summed E-state index contributed by atoms with van der Waals surface area (Å²) in [4.78, 5) is 3.98. The molecule has 15 heavy (non-hydrogen) atoms. The summed E-state index contributed by atoms with van der Waals surface area (Å²) in [6, 6.07) is 14.5. The van der Waals surface area contributed by atoms with Gasteiger partial charge in [0.15, 0.2) is 0 Å². The molecule has 0 saturated carbocycles. The molecule has 2 rings (SSSR count). The van der Waals surface area contributed by atoms with Gasteiger partial charge in [0.2, 0.25) is 0 Å². The van der Waals surface area contributed by atoms with Gasteiger partial charge in [-0.05, 0) is 23.3 Å². The number of rotatable bonds is 4. The average Bonchev–Trinajstić information content (AvgIpc) is 2.32. The van der Waals surface area contributed by atoms with Crippen molar-refractivity contribution in [2.75, 3.05) is 0 Å². The number of nitrogens with zero attached hydrogens (tertiary/aromatic N) is 1. The zero-order chi connectivity index (χ0) is 10.3. The van der Waals surface area contributed by atoms with Crippen LogP contribution < -0.4 is 0 Å². The van der Waals surface area contributed by atoms with Crippen LogP contribution in [0.5, 0.6) is 0 Å². The molecule has 0 saturated heterocycles. The predicted octanol–water partition coefficient (Wildman–Crippen LogP) is 3.52. The Labute approximate surface area is 94.6 Å². The second-order valence-corrected chi connectivity index (χ2v) is 4.05. The second kappa shape index (κ2) is 5.56. The van der Waals surface area contributed by atoms with E-state index >= 15 is 0 Å². The van der Waals surface area contributed by atoms with Crippen LogP contribution in [-0.2, 0) is 5.75 Å². The molecular weight excluding hydrogens is 202 g/mol. The van der Waals surface area contributed by atoms with E-state index in [1.165, 1.54) is 11.1 Å². The number of hydrogen-bond donors (Lipinski definition) is 0. The Morgan fingerprint density at radius 1 is 1.00 bits per heavy atom. The summed E-state index contributed by atoms with van der Waals surface area (Å²) in [6.45, 7) is 0. The van der Waals surface area contributed by atoms with Gasteiger partial charge in [-0.3, -0.25) is 4.98 Å². The molecule has 2 heteroatoms. The Kier molecular flexibility index (Phi) is 3.80. The van der Waals surface area contributed by atoms with Crippen LogP contribution in [0.1, 0.15) is 11.1 Å². The number of aromatic nitrogens is 1. The molecule has 0 aliphatic carbocycles. The molecule has 0 unspecified atom stereocenters. The number of pyridine rings is 1. The van der Waals surface area contributed by atoms with E-state index in [-0.39, 0.29) is 0 Å². The molecule has 0 aliphatic heterocycles. The lowest BCUT2D eigenvalue weighted by Crippen LogP contribution is -1.81. The first kappa shape index (κ1) is 10.2. The molecule has 1 radical (unpaired) electrons. The second-order valence-electron chi connectivity index (χ2n) is 3.20. The minimum absolute atomic E-state index is 1.02. The minimum atomic E-state index is 1.02. The molecular formula is C13H12NS. The smallest absolute Gasteiger partial charge is 0.0461 e. The van der Waals surface area contributed by atoms with Crippen LogP contribution in [0, 0.1) is 5.75 Å². The molecule has 0 atom stereocenters. The van der Waals surface area contributed by atoms with Crippen molar-refractivity contribution in [2.24, 2.45) is 0 Å². The molecule has 1 heterocycles. The first-order valence-electron chi connectivity index (χ1n) is 4.84. The molecule has 0 bridgehead atoms. The van der Waals surface area contributed by atoms with E-state index in [2.05, 4.69) is 35.0 Å². The van der Waals surface area contributed by atoms with E-state index < -0.39 is 0 Å². The van der Waals surface area contributed by atoms with Crippen LogP contribution in [0.3, 0.4) is 0 Å². The Morgan fingerprint density at radius 3 is 2.47 bits per heavy atom. The third-order valence-corrected chi connectivity index (χ3v) is 2.96. The molecule has 2 aromatic rings. The SMILES string of the molecule is [CH](SCc1ccccc1)c1ccncc1. The number of thioether (sulfide) groups is 1. The van der Waals surface area contributed by atoms with Crippen LogP contribution in [-0.4, -0.2) is 4.98 Å². The van der Waals surface area contributed by atoms with Gasteiger partial charge in [0, 0.05) is 23.9 Å². The lowest BCUT2D eigenvalue weighted by molar-refractivity contribution is 1.31. The van der Waals surface area contributed by atoms with Crippen molar-refractivity contribution in [3.05, 3.63) is 71.7 Å². The summed E-state index contributed by atoms with van der Waals surface area (Å²) < 4.78 is 0. The van der Waals surface area contributed by atoms with Gasteiger partial charge in [-0.2, -0.15) is 0 Å². The first-order chi connectivity index (χ1) is 7.45. The Bertz CT molecular complexity index is 346. The van der Waals surface area contributed by atoms with Gasteiger partial charge in [0.1, 0.15) is 0 Å². The van der Waals surface area contributed by atoms with Crippen molar-refractivity contribution >= 4 is 11.8 Å². The topological polar surface area (TPSA) is 12.9 Å². The van der Waals surface area contributed by atoms with Crippen molar-refractivity contribution in [1.82, 2.24) is 4.98 Å². The summed E-state index contributed by atoms with van der Waals surface area (Å²) in [5, 5.41) is 0. The zero-order valence-corrected chi connectivity index (χ0v) is 9.15. The van der Waals surface area contributed by atoms with E-state index in [1.807, 2.05) is 30.6 Å². The lowest BCUT2D eigenvalue weighted by Gasteiger charge is -2.01. The standard InChI is InChI=1S/C13H12NS/c1-2-4-12(5-3-1)10-15-11-13-6-8-14-9-7-13/h1-9,11H,10H2. The highest BCUT2D eigenvalue weighted by Gasteiger charge is 1.94. The lowest BCUT2D eigenvalue weighted by atomic mass is 10.2. The van der Waals surface area contributed by atoms with Crippen LogP contribution in [0.2, 0.25) is 0 Å². The average molecular weight is 214 g/mol. The van der Waals surface area contributed by atoms with Gasteiger partial charge in [-0.1, -0.05) is 30.3 Å². The maximum absolute atomic E-state index is 3.98. The van der Waals surface area contributed by atoms with Crippen LogP contribution in [0.15, 0.2) is 54.9 Å². The highest BCUT2D eigenvalue weighted by molar-refractivity contribution is 8.00. The largest absolute Gasteiger partial charge is 0.265 e. The van der Waals surface area contributed by atoms with Gasteiger partial charge < -0.3 is 0 Å². The fraction of sp³-hybridized carbons (Fsp3) is 0.0769. The van der Waals surface area contributed by atoms with E-state index in [0.29, 0.717) is 0 Å². The maximum atomic E-state index is 3.98. The first-order valence-corrected chi connectivity index (χ1v) is 5.89. The molecule has 0 N–H and O–H groups in total. The van der Waals surface area contributed by atoms with E-state index in [9.17, 15) is 0 Å². The third-order valence-electron chi connectivity index (χ3n) is 2.02. The fourth-order valence-corrected chi connectivity index (χ4v) is 2.07. The quantitative estimate of drug-likeness (QED) is 0.772. The van der Waals surface area contributed by atoms with Crippen molar-refractivity contribution in [2.45, 2.75) is 5.75 Å². The molecule has 0 amide bonds. The van der Waals surface area contributed by atoms with Crippen molar-refractivity contribution in [1.29, 1.82) is 0 Å². The van der Waals surface area contributed by atoms with Crippen LogP contribution >= 0.6 is 11.8 Å². The minimum Gasteiger partial charge on any atom is -0.265 e. The van der Waals surface area contributed by atoms with Crippen molar-refractivity contribution in [3.63, 3.8) is 0 Å². The third kappa shape index (κ3) is 3.40.